The van der Waals surface area contributed by atoms with Crippen molar-refractivity contribution in [3.05, 3.63) is 35.0 Å². The number of amides is 2. The van der Waals surface area contributed by atoms with E-state index in [4.69, 9.17) is 9.84 Å². The molecule has 50 heavy (non-hydrogen) atoms. The molecule has 1 aromatic heterocycles. The Bertz CT molecular complexity index is 1650. The molecule has 1 unspecified atom stereocenters. The smallest absolute Gasteiger partial charge is 0.390 e. The van der Waals surface area contributed by atoms with E-state index in [-0.39, 0.29) is 48.0 Å². The first-order valence-electron chi connectivity index (χ1n) is 17.2. The molecule has 0 bridgehead atoms. The van der Waals surface area contributed by atoms with Crippen molar-refractivity contribution in [2.45, 2.75) is 62.4 Å². The summed E-state index contributed by atoms with van der Waals surface area (Å²) in [7, 11) is -3.57. The molecule has 12 nitrogen and oxygen atoms in total. The van der Waals surface area contributed by atoms with Crippen molar-refractivity contribution >= 4 is 33.6 Å². The average Bonchev–Trinajstić information content (AvgIpc) is 3.75. The van der Waals surface area contributed by atoms with Crippen LogP contribution in [0, 0.1) is 5.92 Å². The van der Waals surface area contributed by atoms with E-state index >= 15 is 0 Å². The number of hydrogen-bond acceptors (Lipinski definition) is 9. The largest absolute Gasteiger partial charge is 0.417 e. The molecule has 0 saturated carbocycles. The number of β-amino-alcohol motifs (C(OH)–C–C–N with tert-alkyl or cyclic N) is 1. The molecular formula is C33H45F3N6O6S2. The van der Waals surface area contributed by atoms with Crippen LogP contribution in [0.15, 0.2) is 23.1 Å². The number of carbonyl (C=O) groups is 2. The molecule has 17 heteroatoms. The minimum absolute atomic E-state index is 0.00281. The number of rotatable bonds is 10. The predicted molar refractivity (Wildman–Crippen MR) is 181 cm³/mol. The molecule has 1 atom stereocenters. The number of morpholine rings is 1. The second kappa shape index (κ2) is 15.5. The second-order valence-corrected chi connectivity index (χ2v) is 16.6. The van der Waals surface area contributed by atoms with Crippen LogP contribution >= 0.6 is 11.8 Å². The molecule has 1 N–H and O–H groups in total. The maximum atomic E-state index is 14.1. The fraction of sp³-hybridized carbons (Fsp3) is 0.667. The number of benzene rings is 1. The van der Waals surface area contributed by atoms with Gasteiger partial charge in [-0.05, 0) is 50.9 Å². The highest BCUT2D eigenvalue weighted by Crippen LogP contribution is 2.40. The number of aliphatic hydroxyl groups excluding tert-OH is 1. The monoisotopic (exact) mass is 742 g/mol. The molecule has 1 aromatic carbocycles. The molecule has 3 saturated heterocycles. The van der Waals surface area contributed by atoms with E-state index in [0.717, 1.165) is 68.6 Å². The first-order chi connectivity index (χ1) is 23.8. The molecule has 0 aliphatic carbocycles. The number of aromatic nitrogens is 2. The normalized spacial score (nSPS) is 20.7. The van der Waals surface area contributed by atoms with Crippen LogP contribution in [-0.2, 0) is 50.0 Å². The Morgan fingerprint density at radius 3 is 2.38 bits per heavy atom. The average molecular weight is 743 g/mol. The minimum atomic E-state index is -4.66. The fourth-order valence-corrected chi connectivity index (χ4v) is 9.11. The first kappa shape index (κ1) is 37.1. The quantitative estimate of drug-likeness (QED) is 0.366. The number of ether oxygens (including phenoxy) is 1. The van der Waals surface area contributed by atoms with Gasteiger partial charge in [-0.15, -0.1) is 11.8 Å². The zero-order valence-electron chi connectivity index (χ0n) is 28.2. The summed E-state index contributed by atoms with van der Waals surface area (Å²) in [6.07, 6.45) is -0.471. The van der Waals surface area contributed by atoms with Crippen molar-refractivity contribution in [1.82, 2.24) is 28.8 Å². The molecule has 2 aromatic rings. The molecule has 0 radical (unpaired) electrons. The maximum Gasteiger partial charge on any atom is 0.417 e. The lowest BCUT2D eigenvalue weighted by molar-refractivity contribution is -0.140. The van der Waals surface area contributed by atoms with Gasteiger partial charge in [0.2, 0.25) is 21.8 Å². The van der Waals surface area contributed by atoms with Gasteiger partial charge in [0, 0.05) is 79.9 Å². The lowest BCUT2D eigenvalue weighted by Gasteiger charge is -2.34. The standard InChI is InChI=1S/C33H45F3N6O6S2/c1-50(46,47)41-13-8-28-26(21-41)31(24-4-5-27(33(34,35)36)29(18-24)49-22-30(44)39-14-16-48-17-15-39)37-42(28)20-25(43)19-38-11-6-23(7-12-38)32(45)40-9-2-3-10-40/h4-5,18,23,25,43H,2-3,6-17,19-22H2,1H3. The van der Waals surface area contributed by atoms with Gasteiger partial charge >= 0.3 is 6.18 Å². The Kier molecular flexibility index (Phi) is 11.5. The van der Waals surface area contributed by atoms with E-state index in [2.05, 4.69) is 4.90 Å². The van der Waals surface area contributed by atoms with Gasteiger partial charge in [0.05, 0.1) is 49.1 Å². The number of fused-ring (bicyclic) bond motifs is 1. The molecule has 3 fully saturated rings. The predicted octanol–water partition coefficient (Wildman–Crippen LogP) is 2.53. The van der Waals surface area contributed by atoms with Gasteiger partial charge in [0.25, 0.3) is 0 Å². The molecule has 5 heterocycles. The van der Waals surface area contributed by atoms with Crippen LogP contribution in [0.4, 0.5) is 13.2 Å². The van der Waals surface area contributed by atoms with Gasteiger partial charge in [-0.2, -0.15) is 22.6 Å². The van der Waals surface area contributed by atoms with E-state index in [1.54, 1.807) is 9.58 Å². The SMILES string of the molecule is CS(=O)(=O)N1CCc2c(c(-c3ccc(C(F)(F)F)c(SCC(=O)N4CCOCC4)c3)nn2CC(O)CN2CCC(C(=O)N3CCCC3)CC2)C1. The van der Waals surface area contributed by atoms with Gasteiger partial charge in [-0.3, -0.25) is 14.3 Å². The lowest BCUT2D eigenvalue weighted by Crippen LogP contribution is -2.44. The third-order valence-electron chi connectivity index (χ3n) is 10.1. The highest BCUT2D eigenvalue weighted by atomic mass is 32.2. The summed E-state index contributed by atoms with van der Waals surface area (Å²) < 4.78 is 75.7. The van der Waals surface area contributed by atoms with E-state index in [1.165, 1.54) is 16.4 Å². The van der Waals surface area contributed by atoms with Crippen molar-refractivity contribution in [2.75, 3.05) is 77.6 Å². The molecule has 0 spiro atoms. The minimum Gasteiger partial charge on any atom is -0.390 e. The molecule has 4 aliphatic heterocycles. The number of likely N-dealkylation sites (tertiary alicyclic amines) is 2. The third-order valence-corrected chi connectivity index (χ3v) is 12.3. The van der Waals surface area contributed by atoms with E-state index in [9.17, 15) is 36.3 Å². The number of thioether (sulfide) groups is 1. The first-order valence-corrected chi connectivity index (χ1v) is 20.0. The van der Waals surface area contributed by atoms with E-state index < -0.39 is 27.9 Å². The topological polar surface area (TPSA) is 129 Å². The van der Waals surface area contributed by atoms with Crippen molar-refractivity contribution in [2.24, 2.45) is 5.92 Å². The van der Waals surface area contributed by atoms with Crippen LogP contribution in [0.2, 0.25) is 0 Å². The highest BCUT2D eigenvalue weighted by Gasteiger charge is 2.36. The van der Waals surface area contributed by atoms with Crippen molar-refractivity contribution < 1.29 is 41.0 Å². The number of alkyl halides is 3. The number of carbonyl (C=O) groups excluding carboxylic acids is 2. The lowest BCUT2D eigenvalue weighted by atomic mass is 9.95. The van der Waals surface area contributed by atoms with Crippen LogP contribution < -0.4 is 0 Å². The van der Waals surface area contributed by atoms with Crippen LogP contribution in [0.1, 0.15) is 42.5 Å². The summed E-state index contributed by atoms with van der Waals surface area (Å²) in [5.41, 5.74) is 1.15. The van der Waals surface area contributed by atoms with Crippen molar-refractivity contribution in [3.63, 3.8) is 0 Å². The molecular weight excluding hydrogens is 698 g/mol. The molecule has 2 amide bonds. The van der Waals surface area contributed by atoms with Gasteiger partial charge in [-0.25, -0.2) is 8.42 Å². The zero-order chi connectivity index (χ0) is 35.6. The zero-order valence-corrected chi connectivity index (χ0v) is 29.9. The Balaban J connectivity index is 1.21. The summed E-state index contributed by atoms with van der Waals surface area (Å²) in [6, 6.07) is 3.68. The maximum absolute atomic E-state index is 14.1. The summed E-state index contributed by atoms with van der Waals surface area (Å²) in [6.45, 7) is 5.25. The van der Waals surface area contributed by atoms with Gasteiger partial charge in [0.1, 0.15) is 0 Å². The van der Waals surface area contributed by atoms with Crippen LogP contribution in [0.25, 0.3) is 11.3 Å². The van der Waals surface area contributed by atoms with Crippen molar-refractivity contribution in [3.8, 4) is 11.3 Å². The van der Waals surface area contributed by atoms with Crippen LogP contribution in [-0.4, -0.2) is 138 Å². The number of hydrogen-bond donors (Lipinski definition) is 1. The summed E-state index contributed by atoms with van der Waals surface area (Å²) in [4.78, 5) is 31.2. The molecule has 276 valence electrons. The van der Waals surface area contributed by atoms with Crippen LogP contribution in [0.5, 0.6) is 0 Å². The Hall–Kier alpha value is -2.70. The number of piperidine rings is 1. The summed E-state index contributed by atoms with van der Waals surface area (Å²) in [5, 5.41) is 16.0. The number of aliphatic hydroxyl groups is 1. The number of halogens is 3. The molecule has 6 rings (SSSR count). The van der Waals surface area contributed by atoms with Gasteiger partial charge in [0.15, 0.2) is 0 Å². The van der Waals surface area contributed by atoms with Crippen LogP contribution in [0.3, 0.4) is 0 Å². The highest BCUT2D eigenvalue weighted by molar-refractivity contribution is 8.00. The second-order valence-electron chi connectivity index (χ2n) is 13.6. The Labute approximate surface area is 294 Å². The Morgan fingerprint density at radius 2 is 1.72 bits per heavy atom. The van der Waals surface area contributed by atoms with Crippen molar-refractivity contribution in [1.29, 1.82) is 0 Å². The summed E-state index contributed by atoms with van der Waals surface area (Å²) >= 11 is 0.810. The fourth-order valence-electron chi connectivity index (χ4n) is 7.31. The van der Waals surface area contributed by atoms with E-state index in [1.807, 2.05) is 4.90 Å². The van der Waals surface area contributed by atoms with Gasteiger partial charge in [-0.1, -0.05) is 6.07 Å². The van der Waals surface area contributed by atoms with E-state index in [0.29, 0.717) is 69.2 Å². The number of sulfonamides is 1. The van der Waals surface area contributed by atoms with Gasteiger partial charge < -0.3 is 24.5 Å². The molecule has 4 aliphatic rings. The Morgan fingerprint density at radius 1 is 1.02 bits per heavy atom. The third kappa shape index (κ3) is 8.66. The summed E-state index contributed by atoms with van der Waals surface area (Å²) in [5.74, 6) is -0.227. The number of nitrogens with zero attached hydrogens (tertiary/aromatic N) is 6.